The standard InChI is InChI=1S/C7H6ClFO3S/c8-6-2-1-5(3-7(6)9)4-12-13(10)11/h1-3H,4H2,(H,10,11). The first-order chi connectivity index (χ1) is 6.09. The molecule has 72 valence electrons. The molecule has 0 amide bonds. The summed E-state index contributed by atoms with van der Waals surface area (Å²) in [5.74, 6) is -0.577. The molecule has 3 nitrogen and oxygen atoms in total. The van der Waals surface area contributed by atoms with Crippen LogP contribution >= 0.6 is 11.6 Å². The molecule has 13 heavy (non-hydrogen) atoms. The third-order valence-corrected chi connectivity index (χ3v) is 1.94. The van der Waals surface area contributed by atoms with E-state index in [9.17, 15) is 8.60 Å². The van der Waals surface area contributed by atoms with Gasteiger partial charge in [0.05, 0.1) is 11.6 Å². The van der Waals surface area contributed by atoms with Crippen molar-refractivity contribution in [1.29, 1.82) is 0 Å². The van der Waals surface area contributed by atoms with Gasteiger partial charge in [0.2, 0.25) is 0 Å². The Kier molecular flexibility index (Phi) is 3.80. The first-order valence-electron chi connectivity index (χ1n) is 3.27. The van der Waals surface area contributed by atoms with Gasteiger partial charge in [-0.15, -0.1) is 0 Å². The van der Waals surface area contributed by atoms with Gasteiger partial charge in [0.1, 0.15) is 5.82 Å². The Morgan fingerprint density at radius 1 is 1.62 bits per heavy atom. The lowest BCUT2D eigenvalue weighted by Gasteiger charge is -2.00. The topological polar surface area (TPSA) is 46.5 Å². The van der Waals surface area contributed by atoms with E-state index in [2.05, 4.69) is 4.18 Å². The van der Waals surface area contributed by atoms with E-state index in [1.807, 2.05) is 0 Å². The van der Waals surface area contributed by atoms with Gasteiger partial charge in [-0.2, -0.15) is 4.21 Å². The third-order valence-electron chi connectivity index (χ3n) is 1.31. The normalized spacial score (nSPS) is 12.8. The lowest BCUT2D eigenvalue weighted by atomic mass is 10.2. The summed E-state index contributed by atoms with van der Waals surface area (Å²) in [4.78, 5) is 0. The average Bonchev–Trinajstić information content (AvgIpc) is 2.07. The van der Waals surface area contributed by atoms with Crippen LogP contribution in [0.4, 0.5) is 4.39 Å². The maximum atomic E-state index is 12.8. The largest absolute Gasteiger partial charge is 0.302 e. The highest BCUT2D eigenvalue weighted by Crippen LogP contribution is 2.16. The molecular weight excluding hydrogens is 219 g/mol. The fourth-order valence-corrected chi connectivity index (χ4v) is 1.10. The lowest BCUT2D eigenvalue weighted by Crippen LogP contribution is -1.96. The molecule has 1 N–H and O–H groups in total. The van der Waals surface area contributed by atoms with Gasteiger partial charge in [-0.3, -0.25) is 8.74 Å². The Morgan fingerprint density at radius 2 is 2.31 bits per heavy atom. The van der Waals surface area contributed by atoms with E-state index in [-0.39, 0.29) is 11.6 Å². The molecule has 0 aromatic heterocycles. The van der Waals surface area contributed by atoms with Crippen LogP contribution in [0.15, 0.2) is 18.2 Å². The number of halogens is 2. The summed E-state index contributed by atoms with van der Waals surface area (Å²) in [5, 5.41) is 0.00821. The van der Waals surface area contributed by atoms with Gasteiger partial charge in [0.25, 0.3) is 0 Å². The summed E-state index contributed by atoms with van der Waals surface area (Å²) in [5.41, 5.74) is 0.448. The highest BCUT2D eigenvalue weighted by Gasteiger charge is 2.02. The summed E-state index contributed by atoms with van der Waals surface area (Å²) < 4.78 is 35.5. The molecule has 0 saturated carbocycles. The van der Waals surface area contributed by atoms with Crippen LogP contribution in [0.2, 0.25) is 5.02 Å². The summed E-state index contributed by atoms with van der Waals surface area (Å²) in [6.07, 6.45) is 0. The number of benzene rings is 1. The Hall–Kier alpha value is -0.490. The van der Waals surface area contributed by atoms with Crippen LogP contribution in [-0.4, -0.2) is 8.76 Å². The Morgan fingerprint density at radius 3 is 2.85 bits per heavy atom. The van der Waals surface area contributed by atoms with Crippen LogP contribution < -0.4 is 0 Å². The minimum atomic E-state index is -2.33. The second-order valence-corrected chi connectivity index (χ2v) is 3.30. The van der Waals surface area contributed by atoms with E-state index < -0.39 is 17.2 Å². The van der Waals surface area contributed by atoms with Crippen molar-refractivity contribution in [2.24, 2.45) is 0 Å². The minimum Gasteiger partial charge on any atom is -0.284 e. The molecule has 1 atom stereocenters. The van der Waals surface area contributed by atoms with Crippen molar-refractivity contribution in [1.82, 2.24) is 0 Å². The van der Waals surface area contributed by atoms with Crippen molar-refractivity contribution in [3.8, 4) is 0 Å². The molecule has 0 bridgehead atoms. The second kappa shape index (κ2) is 4.66. The Bertz CT molecular complexity index is 332. The molecule has 0 heterocycles. The van der Waals surface area contributed by atoms with E-state index in [1.54, 1.807) is 0 Å². The van der Waals surface area contributed by atoms with Crippen molar-refractivity contribution in [3.63, 3.8) is 0 Å². The summed E-state index contributed by atoms with van der Waals surface area (Å²) in [6.45, 7) is -0.128. The third kappa shape index (κ3) is 3.40. The van der Waals surface area contributed by atoms with Crippen LogP contribution in [0, 0.1) is 5.82 Å². The van der Waals surface area contributed by atoms with Crippen molar-refractivity contribution in [3.05, 3.63) is 34.6 Å². The fourth-order valence-electron chi connectivity index (χ4n) is 0.748. The maximum absolute atomic E-state index is 12.8. The van der Waals surface area contributed by atoms with Gasteiger partial charge in [-0.05, 0) is 17.7 Å². The molecule has 0 spiro atoms. The molecular formula is C7H6ClFO3S. The van der Waals surface area contributed by atoms with Crippen molar-refractivity contribution in [2.75, 3.05) is 0 Å². The monoisotopic (exact) mass is 224 g/mol. The molecule has 1 aromatic rings. The van der Waals surface area contributed by atoms with Crippen LogP contribution in [-0.2, 0) is 22.2 Å². The molecule has 0 aliphatic rings. The van der Waals surface area contributed by atoms with Crippen LogP contribution in [0.3, 0.4) is 0 Å². The molecule has 0 saturated heterocycles. The first-order valence-corrected chi connectivity index (χ1v) is 4.68. The summed E-state index contributed by atoms with van der Waals surface area (Å²) in [6, 6.07) is 4.02. The lowest BCUT2D eigenvalue weighted by molar-refractivity contribution is 0.296. The second-order valence-electron chi connectivity index (χ2n) is 2.23. The van der Waals surface area contributed by atoms with Gasteiger partial charge >= 0.3 is 11.4 Å². The maximum Gasteiger partial charge on any atom is 0.302 e. The predicted molar refractivity (Wildman–Crippen MR) is 47.0 cm³/mol. The predicted octanol–water partition coefficient (Wildman–Crippen LogP) is 2.13. The van der Waals surface area contributed by atoms with Gasteiger partial charge in [0, 0.05) is 0 Å². The van der Waals surface area contributed by atoms with Crippen molar-refractivity contribution >= 4 is 23.0 Å². The van der Waals surface area contributed by atoms with E-state index in [0.29, 0.717) is 5.56 Å². The molecule has 0 aliphatic heterocycles. The average molecular weight is 225 g/mol. The highest BCUT2D eigenvalue weighted by molar-refractivity contribution is 7.74. The first kappa shape index (κ1) is 10.6. The number of hydrogen-bond donors (Lipinski definition) is 1. The zero-order valence-corrected chi connectivity index (χ0v) is 7.94. The fraction of sp³-hybridized carbons (Fsp3) is 0.143. The molecule has 0 radical (unpaired) electrons. The molecule has 1 aromatic carbocycles. The molecule has 6 heteroatoms. The van der Waals surface area contributed by atoms with Crippen LogP contribution in [0.1, 0.15) is 5.56 Å². The van der Waals surface area contributed by atoms with E-state index >= 15 is 0 Å². The van der Waals surface area contributed by atoms with Gasteiger partial charge < -0.3 is 0 Å². The molecule has 1 rings (SSSR count). The van der Waals surface area contributed by atoms with E-state index in [1.165, 1.54) is 12.1 Å². The highest BCUT2D eigenvalue weighted by atomic mass is 35.5. The summed E-state index contributed by atoms with van der Waals surface area (Å²) >= 11 is 3.08. The Labute approximate surface area is 82.0 Å². The quantitative estimate of drug-likeness (QED) is 0.801. The van der Waals surface area contributed by atoms with Crippen molar-refractivity contribution in [2.45, 2.75) is 6.61 Å². The summed E-state index contributed by atoms with van der Waals surface area (Å²) in [7, 11) is 0. The Balaban J connectivity index is 2.68. The van der Waals surface area contributed by atoms with E-state index in [0.717, 1.165) is 6.07 Å². The number of rotatable bonds is 3. The molecule has 0 fully saturated rings. The SMILES string of the molecule is O=S(O)OCc1ccc(Cl)c(F)c1. The molecule has 0 aliphatic carbocycles. The van der Waals surface area contributed by atoms with E-state index in [4.69, 9.17) is 16.2 Å². The smallest absolute Gasteiger partial charge is 0.284 e. The van der Waals surface area contributed by atoms with Gasteiger partial charge in [-0.1, -0.05) is 17.7 Å². The molecule has 1 unspecified atom stereocenters. The zero-order chi connectivity index (χ0) is 9.84. The van der Waals surface area contributed by atoms with Crippen molar-refractivity contribution < 1.29 is 17.3 Å². The minimum absolute atomic E-state index is 0.00821. The zero-order valence-electron chi connectivity index (χ0n) is 6.37. The van der Waals surface area contributed by atoms with Gasteiger partial charge in [0.15, 0.2) is 0 Å². The van der Waals surface area contributed by atoms with Crippen LogP contribution in [0.25, 0.3) is 0 Å². The number of hydrogen-bond acceptors (Lipinski definition) is 2. The van der Waals surface area contributed by atoms with Gasteiger partial charge in [-0.25, -0.2) is 4.39 Å². The van der Waals surface area contributed by atoms with Crippen LogP contribution in [0.5, 0.6) is 0 Å².